The van der Waals surface area contributed by atoms with Crippen molar-refractivity contribution in [2.75, 3.05) is 13.6 Å². The number of hydrogen-bond donors (Lipinski definition) is 2. The number of carbonyl (C=O) groups excluding carboxylic acids is 1. The smallest absolute Gasteiger partial charge is 0.227 e. The fourth-order valence-corrected chi connectivity index (χ4v) is 1.40. The average molecular weight is 256 g/mol. The fraction of sp³-hybridized carbons (Fsp3) is 0.273. The summed E-state index contributed by atoms with van der Waals surface area (Å²) in [6, 6.07) is 7.04. The lowest BCUT2D eigenvalue weighted by Gasteiger charge is -2.16. The third-order valence-corrected chi connectivity index (χ3v) is 2.47. The van der Waals surface area contributed by atoms with Crippen molar-refractivity contribution >= 4 is 23.3 Å². The molecule has 0 saturated carbocycles. The lowest BCUT2D eigenvalue weighted by Crippen LogP contribution is -2.36. The molecule has 1 aromatic carbocycles. The number of nitrogens with zero attached hydrogens (tertiary/aromatic N) is 2. The van der Waals surface area contributed by atoms with Gasteiger partial charge in [-0.1, -0.05) is 28.9 Å². The maximum atomic E-state index is 11.7. The molecule has 0 heterocycles. The largest absolute Gasteiger partial charge is 0.409 e. The van der Waals surface area contributed by atoms with Gasteiger partial charge >= 0.3 is 0 Å². The number of amides is 1. The van der Waals surface area contributed by atoms with E-state index in [0.717, 1.165) is 5.56 Å². The maximum absolute atomic E-state index is 11.7. The summed E-state index contributed by atoms with van der Waals surface area (Å²) in [6.07, 6.45) is 0.256. The second kappa shape index (κ2) is 6.10. The van der Waals surface area contributed by atoms with Crippen molar-refractivity contribution in [3.63, 3.8) is 0 Å². The average Bonchev–Trinajstić information content (AvgIpc) is 2.31. The molecule has 1 amide bonds. The number of rotatable bonds is 4. The Morgan fingerprint density at radius 1 is 1.47 bits per heavy atom. The van der Waals surface area contributed by atoms with Crippen LogP contribution in [-0.4, -0.2) is 35.4 Å². The lowest BCUT2D eigenvalue weighted by molar-refractivity contribution is -0.128. The van der Waals surface area contributed by atoms with E-state index in [-0.39, 0.29) is 24.7 Å². The van der Waals surface area contributed by atoms with Crippen molar-refractivity contribution in [1.82, 2.24) is 4.90 Å². The first-order valence-corrected chi connectivity index (χ1v) is 5.35. The predicted molar refractivity (Wildman–Crippen MR) is 66.2 cm³/mol. The van der Waals surface area contributed by atoms with Gasteiger partial charge in [0, 0.05) is 12.1 Å². The van der Waals surface area contributed by atoms with Crippen molar-refractivity contribution in [2.45, 2.75) is 6.42 Å². The Hall–Kier alpha value is -1.75. The van der Waals surface area contributed by atoms with Gasteiger partial charge in [0.1, 0.15) is 0 Å². The number of nitrogens with two attached hydrogens (primary N) is 1. The highest BCUT2D eigenvalue weighted by molar-refractivity contribution is 6.30. The molecule has 92 valence electrons. The van der Waals surface area contributed by atoms with Gasteiger partial charge in [-0.15, -0.1) is 0 Å². The normalized spacial score (nSPS) is 11.3. The number of likely N-dealkylation sites (N-methyl/N-ethyl adjacent to an activating group) is 1. The van der Waals surface area contributed by atoms with Crippen LogP contribution in [0.1, 0.15) is 5.56 Å². The van der Waals surface area contributed by atoms with E-state index < -0.39 is 0 Å². The highest BCUT2D eigenvalue weighted by Gasteiger charge is 2.10. The fourth-order valence-electron chi connectivity index (χ4n) is 1.27. The van der Waals surface area contributed by atoms with E-state index in [1.165, 1.54) is 4.90 Å². The van der Waals surface area contributed by atoms with Crippen LogP contribution in [0.5, 0.6) is 0 Å². The molecule has 0 atom stereocenters. The minimum Gasteiger partial charge on any atom is -0.409 e. The van der Waals surface area contributed by atoms with Gasteiger partial charge in [0.25, 0.3) is 0 Å². The van der Waals surface area contributed by atoms with Crippen LogP contribution in [0.2, 0.25) is 5.02 Å². The first-order chi connectivity index (χ1) is 8.02. The number of oxime groups is 1. The molecular formula is C11H14ClN3O2. The summed E-state index contributed by atoms with van der Waals surface area (Å²) in [5.41, 5.74) is 6.18. The summed E-state index contributed by atoms with van der Waals surface area (Å²) >= 11 is 5.74. The zero-order chi connectivity index (χ0) is 12.8. The zero-order valence-corrected chi connectivity index (χ0v) is 10.2. The Bertz CT molecular complexity index is 417. The van der Waals surface area contributed by atoms with Crippen LogP contribution in [-0.2, 0) is 11.2 Å². The SMILES string of the molecule is CN(CC(N)=NO)C(=O)Cc1ccc(Cl)cc1. The Kier molecular flexibility index (Phi) is 4.78. The third kappa shape index (κ3) is 4.32. The van der Waals surface area contributed by atoms with Crippen LogP contribution in [0, 0.1) is 0 Å². The quantitative estimate of drug-likeness (QED) is 0.366. The van der Waals surface area contributed by atoms with Crippen LogP contribution < -0.4 is 5.73 Å². The summed E-state index contributed by atoms with van der Waals surface area (Å²) in [7, 11) is 1.59. The summed E-state index contributed by atoms with van der Waals surface area (Å²) < 4.78 is 0. The lowest BCUT2D eigenvalue weighted by atomic mass is 10.1. The van der Waals surface area contributed by atoms with Crippen molar-refractivity contribution in [2.24, 2.45) is 10.9 Å². The standard InChI is InChI=1S/C11H14ClN3O2/c1-15(7-10(13)14-17)11(16)6-8-2-4-9(12)5-3-8/h2-5,17H,6-7H2,1H3,(H2,13,14). The minimum absolute atomic E-state index is 0.00282. The van der Waals surface area contributed by atoms with Crippen molar-refractivity contribution in [1.29, 1.82) is 0 Å². The minimum atomic E-state index is -0.112. The number of amidine groups is 1. The zero-order valence-electron chi connectivity index (χ0n) is 9.43. The molecule has 0 spiro atoms. The Morgan fingerprint density at radius 2 is 2.06 bits per heavy atom. The Morgan fingerprint density at radius 3 is 2.59 bits per heavy atom. The Labute approximate surface area is 104 Å². The van der Waals surface area contributed by atoms with Crippen LogP contribution >= 0.6 is 11.6 Å². The van der Waals surface area contributed by atoms with E-state index in [0.29, 0.717) is 5.02 Å². The second-order valence-corrected chi connectivity index (χ2v) is 4.08. The van der Waals surface area contributed by atoms with E-state index in [4.69, 9.17) is 22.5 Å². The van der Waals surface area contributed by atoms with E-state index in [1.807, 2.05) is 0 Å². The topological polar surface area (TPSA) is 78.9 Å². The van der Waals surface area contributed by atoms with Crippen LogP contribution in [0.3, 0.4) is 0 Å². The van der Waals surface area contributed by atoms with E-state index in [1.54, 1.807) is 31.3 Å². The first kappa shape index (κ1) is 13.3. The third-order valence-electron chi connectivity index (χ3n) is 2.22. The number of benzene rings is 1. The second-order valence-electron chi connectivity index (χ2n) is 3.64. The van der Waals surface area contributed by atoms with Gasteiger partial charge in [-0.25, -0.2) is 0 Å². The molecule has 1 rings (SSSR count). The molecule has 3 N–H and O–H groups in total. The molecular weight excluding hydrogens is 242 g/mol. The van der Waals surface area contributed by atoms with Crippen molar-refractivity contribution in [3.05, 3.63) is 34.9 Å². The molecule has 1 aromatic rings. The van der Waals surface area contributed by atoms with Crippen molar-refractivity contribution < 1.29 is 10.0 Å². The molecule has 0 saturated heterocycles. The molecule has 17 heavy (non-hydrogen) atoms. The van der Waals surface area contributed by atoms with E-state index in [9.17, 15) is 4.79 Å². The molecule has 0 aromatic heterocycles. The summed E-state index contributed by atoms with van der Waals surface area (Å²) in [5.74, 6) is -0.115. The molecule has 0 aliphatic rings. The van der Waals surface area contributed by atoms with Crippen LogP contribution in [0.4, 0.5) is 0 Å². The summed E-state index contributed by atoms with van der Waals surface area (Å²) in [6.45, 7) is 0.100. The molecule has 0 radical (unpaired) electrons. The maximum Gasteiger partial charge on any atom is 0.227 e. The highest BCUT2D eigenvalue weighted by atomic mass is 35.5. The molecule has 0 aliphatic heterocycles. The van der Waals surface area contributed by atoms with E-state index >= 15 is 0 Å². The van der Waals surface area contributed by atoms with Gasteiger partial charge < -0.3 is 15.8 Å². The van der Waals surface area contributed by atoms with E-state index in [2.05, 4.69) is 5.16 Å². The van der Waals surface area contributed by atoms with Gasteiger partial charge in [-0.3, -0.25) is 4.79 Å². The van der Waals surface area contributed by atoms with Gasteiger partial charge in [0.05, 0.1) is 13.0 Å². The van der Waals surface area contributed by atoms with Gasteiger partial charge in [0.15, 0.2) is 5.84 Å². The van der Waals surface area contributed by atoms with Gasteiger partial charge in [-0.2, -0.15) is 0 Å². The summed E-state index contributed by atoms with van der Waals surface area (Å²) in [4.78, 5) is 13.1. The van der Waals surface area contributed by atoms with Crippen molar-refractivity contribution in [3.8, 4) is 0 Å². The monoisotopic (exact) mass is 255 g/mol. The molecule has 0 aliphatic carbocycles. The molecule has 6 heteroatoms. The van der Waals surface area contributed by atoms with Gasteiger partial charge in [-0.05, 0) is 17.7 Å². The number of carbonyl (C=O) groups is 1. The molecule has 0 unspecified atom stereocenters. The highest BCUT2D eigenvalue weighted by Crippen LogP contribution is 2.10. The van der Waals surface area contributed by atoms with Crippen LogP contribution in [0.15, 0.2) is 29.4 Å². The molecule has 0 bridgehead atoms. The number of halogens is 1. The Balaban J connectivity index is 2.57. The van der Waals surface area contributed by atoms with Crippen LogP contribution in [0.25, 0.3) is 0 Å². The summed E-state index contributed by atoms with van der Waals surface area (Å²) in [5, 5.41) is 11.8. The molecule has 0 fully saturated rings. The predicted octanol–water partition coefficient (Wildman–Crippen LogP) is 1.09. The molecule has 5 nitrogen and oxygen atoms in total. The van der Waals surface area contributed by atoms with Gasteiger partial charge in [0.2, 0.25) is 5.91 Å². The number of hydrogen-bond acceptors (Lipinski definition) is 3. The first-order valence-electron chi connectivity index (χ1n) is 4.97.